The van der Waals surface area contributed by atoms with Crippen molar-refractivity contribution >= 4 is 35.0 Å². The highest BCUT2D eigenvalue weighted by atomic mass is 35.5. The van der Waals surface area contributed by atoms with Crippen LogP contribution in [0.2, 0.25) is 10.0 Å². The average Bonchev–Trinajstić information content (AvgIpc) is 3.16. The standard InChI is InChI=1S/C22H17Cl2F3N2O3/c1-4-29-20(32-21(31)13-5-7-14(8-6-13)22(25,26)27)16(10-28-29)19(30)15-9-11(2)17(23)12(3)18(15)24/h5-10H,4H2,1-3H3. The third kappa shape index (κ3) is 4.52. The first-order chi connectivity index (χ1) is 15.0. The summed E-state index contributed by atoms with van der Waals surface area (Å²) in [5.41, 5.74) is 0.303. The largest absolute Gasteiger partial charge is 0.416 e. The molecule has 1 aromatic heterocycles. The number of benzene rings is 2. The smallest absolute Gasteiger partial charge is 0.403 e. The number of esters is 1. The topological polar surface area (TPSA) is 61.2 Å². The van der Waals surface area contributed by atoms with Crippen LogP contribution in [0.5, 0.6) is 5.88 Å². The van der Waals surface area contributed by atoms with Crippen LogP contribution >= 0.6 is 23.2 Å². The Balaban J connectivity index is 1.97. The molecule has 0 unspecified atom stereocenters. The van der Waals surface area contributed by atoms with Crippen LogP contribution < -0.4 is 4.74 Å². The summed E-state index contributed by atoms with van der Waals surface area (Å²) in [6, 6.07) is 5.09. The quantitative estimate of drug-likeness (QED) is 0.315. The molecule has 1 heterocycles. The normalized spacial score (nSPS) is 11.5. The number of aryl methyl sites for hydroxylation is 2. The molecule has 0 bridgehead atoms. The Hall–Kier alpha value is -2.84. The van der Waals surface area contributed by atoms with Gasteiger partial charge in [0.1, 0.15) is 5.56 Å². The lowest BCUT2D eigenvalue weighted by Gasteiger charge is -2.12. The van der Waals surface area contributed by atoms with Crippen molar-refractivity contribution in [3.05, 3.63) is 80.0 Å². The number of carbonyl (C=O) groups is 2. The van der Waals surface area contributed by atoms with Gasteiger partial charge in [0.2, 0.25) is 11.7 Å². The molecule has 168 valence electrons. The van der Waals surface area contributed by atoms with E-state index in [9.17, 15) is 22.8 Å². The maximum Gasteiger partial charge on any atom is 0.416 e. The summed E-state index contributed by atoms with van der Waals surface area (Å²) >= 11 is 12.5. The maximum atomic E-state index is 13.2. The zero-order chi connectivity index (χ0) is 23.8. The predicted octanol–water partition coefficient (Wildman–Crippen LogP) is 6.30. The van der Waals surface area contributed by atoms with Crippen LogP contribution in [-0.4, -0.2) is 21.5 Å². The van der Waals surface area contributed by atoms with Crippen LogP contribution in [0.3, 0.4) is 0 Å². The molecule has 0 fully saturated rings. The number of ether oxygens (including phenoxy) is 1. The van der Waals surface area contributed by atoms with E-state index in [-0.39, 0.29) is 34.1 Å². The summed E-state index contributed by atoms with van der Waals surface area (Å²) in [4.78, 5) is 25.8. The summed E-state index contributed by atoms with van der Waals surface area (Å²) in [6.45, 7) is 5.40. The van der Waals surface area contributed by atoms with Crippen molar-refractivity contribution in [2.75, 3.05) is 0 Å². The van der Waals surface area contributed by atoms with E-state index in [1.807, 2.05) is 0 Å². The first kappa shape index (κ1) is 23.8. The highest BCUT2D eigenvalue weighted by Gasteiger charge is 2.31. The summed E-state index contributed by atoms with van der Waals surface area (Å²) in [5.74, 6) is -1.60. The number of halogens is 5. The molecule has 0 atom stereocenters. The van der Waals surface area contributed by atoms with E-state index in [0.29, 0.717) is 16.1 Å². The molecular formula is C22H17Cl2F3N2O3. The number of alkyl halides is 3. The average molecular weight is 485 g/mol. The van der Waals surface area contributed by atoms with Gasteiger partial charge in [0.15, 0.2) is 0 Å². The molecule has 10 heteroatoms. The van der Waals surface area contributed by atoms with Gasteiger partial charge in [-0.05, 0) is 62.2 Å². The Morgan fingerprint density at radius 1 is 1.06 bits per heavy atom. The number of carbonyl (C=O) groups excluding carboxylic acids is 2. The van der Waals surface area contributed by atoms with Crippen LogP contribution in [0.15, 0.2) is 36.5 Å². The molecule has 0 saturated heterocycles. The number of hydrogen-bond acceptors (Lipinski definition) is 4. The Morgan fingerprint density at radius 2 is 1.69 bits per heavy atom. The van der Waals surface area contributed by atoms with Crippen LogP contribution in [0.4, 0.5) is 13.2 Å². The van der Waals surface area contributed by atoms with Gasteiger partial charge >= 0.3 is 12.1 Å². The van der Waals surface area contributed by atoms with E-state index in [1.165, 1.54) is 16.9 Å². The molecular weight excluding hydrogens is 468 g/mol. The van der Waals surface area contributed by atoms with E-state index in [1.54, 1.807) is 20.8 Å². The van der Waals surface area contributed by atoms with E-state index in [0.717, 1.165) is 24.3 Å². The Bertz CT molecular complexity index is 1200. The highest BCUT2D eigenvalue weighted by molar-refractivity contribution is 6.39. The zero-order valence-electron chi connectivity index (χ0n) is 17.2. The predicted molar refractivity (Wildman–Crippen MR) is 114 cm³/mol. The fourth-order valence-corrected chi connectivity index (χ4v) is 3.48. The van der Waals surface area contributed by atoms with Gasteiger partial charge in [-0.2, -0.15) is 18.3 Å². The maximum absolute atomic E-state index is 13.2. The lowest BCUT2D eigenvalue weighted by atomic mass is 10.0. The van der Waals surface area contributed by atoms with Crippen molar-refractivity contribution in [1.29, 1.82) is 0 Å². The van der Waals surface area contributed by atoms with Gasteiger partial charge in [0.05, 0.1) is 22.3 Å². The molecule has 0 aliphatic carbocycles. The minimum Gasteiger partial charge on any atom is -0.403 e. The summed E-state index contributed by atoms with van der Waals surface area (Å²) < 4.78 is 44.9. The van der Waals surface area contributed by atoms with Crippen molar-refractivity contribution in [1.82, 2.24) is 9.78 Å². The molecule has 0 N–H and O–H groups in total. The minimum atomic E-state index is -4.53. The molecule has 32 heavy (non-hydrogen) atoms. The minimum absolute atomic E-state index is 0.0184. The summed E-state index contributed by atoms with van der Waals surface area (Å²) in [7, 11) is 0. The summed E-state index contributed by atoms with van der Waals surface area (Å²) in [6.07, 6.45) is -3.28. The second-order valence-corrected chi connectivity index (χ2v) is 7.72. The number of ketones is 1. The van der Waals surface area contributed by atoms with Crippen molar-refractivity contribution < 1.29 is 27.5 Å². The van der Waals surface area contributed by atoms with Crippen molar-refractivity contribution in [2.45, 2.75) is 33.5 Å². The molecule has 0 aliphatic heterocycles. The molecule has 0 saturated carbocycles. The molecule has 3 rings (SSSR count). The third-order valence-electron chi connectivity index (χ3n) is 4.82. The monoisotopic (exact) mass is 484 g/mol. The third-order valence-corrected chi connectivity index (χ3v) is 5.89. The first-order valence-electron chi connectivity index (χ1n) is 9.40. The molecule has 0 aliphatic rings. The van der Waals surface area contributed by atoms with Crippen molar-refractivity contribution in [2.24, 2.45) is 0 Å². The fraction of sp³-hybridized carbons (Fsp3) is 0.227. The van der Waals surface area contributed by atoms with Crippen LogP contribution in [0.25, 0.3) is 0 Å². The zero-order valence-corrected chi connectivity index (χ0v) is 18.7. The molecule has 5 nitrogen and oxygen atoms in total. The summed E-state index contributed by atoms with van der Waals surface area (Å²) in [5, 5.41) is 4.66. The number of nitrogens with zero attached hydrogens (tertiary/aromatic N) is 2. The van der Waals surface area contributed by atoms with Gasteiger partial charge < -0.3 is 4.74 Å². The van der Waals surface area contributed by atoms with Crippen molar-refractivity contribution in [3.8, 4) is 5.88 Å². The molecule has 0 amide bonds. The van der Waals surface area contributed by atoms with Gasteiger partial charge in [0, 0.05) is 17.1 Å². The van der Waals surface area contributed by atoms with E-state index < -0.39 is 23.5 Å². The van der Waals surface area contributed by atoms with Gasteiger partial charge in [-0.15, -0.1) is 0 Å². The van der Waals surface area contributed by atoms with Gasteiger partial charge in [-0.3, -0.25) is 4.79 Å². The molecule has 0 radical (unpaired) electrons. The van der Waals surface area contributed by atoms with E-state index in [4.69, 9.17) is 27.9 Å². The second-order valence-electron chi connectivity index (χ2n) is 6.97. The van der Waals surface area contributed by atoms with Crippen LogP contribution in [0, 0.1) is 13.8 Å². The van der Waals surface area contributed by atoms with Crippen LogP contribution in [0.1, 0.15) is 49.9 Å². The van der Waals surface area contributed by atoms with Gasteiger partial charge in [-0.1, -0.05) is 23.2 Å². The Morgan fingerprint density at radius 3 is 2.25 bits per heavy atom. The van der Waals surface area contributed by atoms with E-state index in [2.05, 4.69) is 5.10 Å². The lowest BCUT2D eigenvalue weighted by molar-refractivity contribution is -0.137. The van der Waals surface area contributed by atoms with Gasteiger partial charge in [0.25, 0.3) is 0 Å². The number of hydrogen-bond donors (Lipinski definition) is 0. The van der Waals surface area contributed by atoms with Crippen LogP contribution in [-0.2, 0) is 12.7 Å². The number of aromatic nitrogens is 2. The number of rotatable bonds is 5. The fourth-order valence-electron chi connectivity index (χ4n) is 3.05. The van der Waals surface area contributed by atoms with Gasteiger partial charge in [-0.25, -0.2) is 9.48 Å². The first-order valence-corrected chi connectivity index (χ1v) is 10.2. The molecule has 3 aromatic rings. The van der Waals surface area contributed by atoms with E-state index >= 15 is 0 Å². The molecule has 0 spiro atoms. The molecule has 2 aromatic carbocycles. The Kier molecular flexibility index (Phi) is 6.67. The highest BCUT2D eigenvalue weighted by Crippen LogP contribution is 2.34. The SMILES string of the molecule is CCn1ncc(C(=O)c2cc(C)c(Cl)c(C)c2Cl)c1OC(=O)c1ccc(C(F)(F)F)cc1. The second kappa shape index (κ2) is 8.96. The Labute approximate surface area is 191 Å². The lowest BCUT2D eigenvalue weighted by Crippen LogP contribution is -2.15. The van der Waals surface area contributed by atoms with Crippen molar-refractivity contribution in [3.63, 3.8) is 0 Å².